The second-order valence-electron chi connectivity index (χ2n) is 7.16. The fourth-order valence-corrected chi connectivity index (χ4v) is 3.95. The molecule has 0 aliphatic carbocycles. The van der Waals surface area contributed by atoms with Crippen molar-refractivity contribution in [2.75, 3.05) is 32.8 Å². The highest BCUT2D eigenvalue weighted by Crippen LogP contribution is 2.34. The molecule has 124 valence electrons. The van der Waals surface area contributed by atoms with Crippen molar-refractivity contribution in [3.8, 4) is 0 Å². The number of ether oxygens (including phenoxy) is 2. The number of piperazine rings is 1. The van der Waals surface area contributed by atoms with E-state index in [0.29, 0.717) is 11.6 Å². The first-order valence-corrected chi connectivity index (χ1v) is 8.48. The molecule has 0 amide bonds. The van der Waals surface area contributed by atoms with Crippen molar-refractivity contribution in [3.63, 3.8) is 0 Å². The summed E-state index contributed by atoms with van der Waals surface area (Å²) < 4.78 is 11.6. The van der Waals surface area contributed by atoms with Gasteiger partial charge < -0.3 is 14.8 Å². The topological polar surface area (TPSA) is 50.8 Å². The quantitative estimate of drug-likeness (QED) is 0.792. The van der Waals surface area contributed by atoms with Gasteiger partial charge in [-0.25, -0.2) is 4.79 Å². The lowest BCUT2D eigenvalue weighted by Gasteiger charge is -2.47. The molecule has 0 aromatic heterocycles. The van der Waals surface area contributed by atoms with Gasteiger partial charge in [0, 0.05) is 38.6 Å². The Morgan fingerprint density at radius 3 is 3.13 bits per heavy atom. The van der Waals surface area contributed by atoms with Crippen LogP contribution in [0.25, 0.3) is 0 Å². The molecule has 5 nitrogen and oxygen atoms in total. The van der Waals surface area contributed by atoms with Crippen molar-refractivity contribution >= 4 is 5.97 Å². The molecule has 2 fully saturated rings. The van der Waals surface area contributed by atoms with Crippen LogP contribution < -0.4 is 5.32 Å². The van der Waals surface area contributed by atoms with Gasteiger partial charge in [0.15, 0.2) is 0 Å². The van der Waals surface area contributed by atoms with E-state index in [-0.39, 0.29) is 17.7 Å². The van der Waals surface area contributed by atoms with Gasteiger partial charge in [-0.1, -0.05) is 12.1 Å². The van der Waals surface area contributed by atoms with Crippen LogP contribution in [0.15, 0.2) is 18.2 Å². The van der Waals surface area contributed by atoms with Gasteiger partial charge in [0.1, 0.15) is 11.7 Å². The SMILES string of the molecule is C[C@H]1Cc2cc([C@]3(C)CN4CCNC[C@H]4CO3)ccc2C(=O)O1. The van der Waals surface area contributed by atoms with Crippen LogP contribution in [0, 0.1) is 0 Å². The normalized spacial score (nSPS) is 34.4. The molecule has 0 radical (unpaired) electrons. The van der Waals surface area contributed by atoms with Gasteiger partial charge in [-0.15, -0.1) is 0 Å². The average Bonchev–Trinajstić information content (AvgIpc) is 2.54. The molecular weight excluding hydrogens is 292 g/mol. The molecule has 3 atom stereocenters. The van der Waals surface area contributed by atoms with Crippen LogP contribution >= 0.6 is 0 Å². The van der Waals surface area contributed by atoms with E-state index in [1.165, 1.54) is 0 Å². The second kappa shape index (κ2) is 5.58. The number of hydrogen-bond acceptors (Lipinski definition) is 5. The highest BCUT2D eigenvalue weighted by molar-refractivity contribution is 5.92. The number of benzene rings is 1. The van der Waals surface area contributed by atoms with Gasteiger partial charge in [0.25, 0.3) is 0 Å². The first kappa shape index (κ1) is 15.1. The number of esters is 1. The molecule has 0 saturated carbocycles. The smallest absolute Gasteiger partial charge is 0.338 e. The Morgan fingerprint density at radius 1 is 1.39 bits per heavy atom. The van der Waals surface area contributed by atoms with E-state index < -0.39 is 0 Å². The molecule has 2 saturated heterocycles. The Balaban J connectivity index is 1.62. The van der Waals surface area contributed by atoms with Crippen LogP contribution in [0.1, 0.15) is 35.3 Å². The first-order chi connectivity index (χ1) is 11.0. The van der Waals surface area contributed by atoms with Crippen LogP contribution in [0.5, 0.6) is 0 Å². The van der Waals surface area contributed by atoms with Crippen LogP contribution in [-0.4, -0.2) is 55.8 Å². The lowest BCUT2D eigenvalue weighted by Crippen LogP contribution is -2.61. The Labute approximate surface area is 136 Å². The van der Waals surface area contributed by atoms with Crippen molar-refractivity contribution in [3.05, 3.63) is 34.9 Å². The number of carbonyl (C=O) groups is 1. The number of fused-ring (bicyclic) bond motifs is 2. The lowest BCUT2D eigenvalue weighted by atomic mass is 9.87. The Hall–Kier alpha value is -1.43. The molecule has 0 unspecified atom stereocenters. The molecular formula is C18H24N2O3. The van der Waals surface area contributed by atoms with Crippen molar-refractivity contribution in [1.82, 2.24) is 10.2 Å². The summed E-state index contributed by atoms with van der Waals surface area (Å²) >= 11 is 0. The number of cyclic esters (lactones) is 1. The fraction of sp³-hybridized carbons (Fsp3) is 0.611. The van der Waals surface area contributed by atoms with Crippen LogP contribution in [0.4, 0.5) is 0 Å². The van der Waals surface area contributed by atoms with E-state index in [4.69, 9.17) is 9.47 Å². The van der Waals surface area contributed by atoms with Crippen molar-refractivity contribution < 1.29 is 14.3 Å². The number of morpholine rings is 1. The zero-order valence-electron chi connectivity index (χ0n) is 13.8. The molecule has 1 N–H and O–H groups in total. The van der Waals surface area contributed by atoms with Gasteiger partial charge in [-0.2, -0.15) is 0 Å². The van der Waals surface area contributed by atoms with Gasteiger partial charge in [0.2, 0.25) is 0 Å². The average molecular weight is 316 g/mol. The maximum Gasteiger partial charge on any atom is 0.338 e. The van der Waals surface area contributed by atoms with Crippen LogP contribution in [0.2, 0.25) is 0 Å². The van der Waals surface area contributed by atoms with Gasteiger partial charge in [0.05, 0.1) is 12.2 Å². The van der Waals surface area contributed by atoms with Gasteiger partial charge in [-0.3, -0.25) is 4.90 Å². The van der Waals surface area contributed by atoms with Crippen LogP contribution in [0.3, 0.4) is 0 Å². The fourth-order valence-electron chi connectivity index (χ4n) is 3.95. The van der Waals surface area contributed by atoms with E-state index in [1.807, 2.05) is 19.1 Å². The Bertz CT molecular complexity index is 633. The number of nitrogens with zero attached hydrogens (tertiary/aromatic N) is 1. The highest BCUT2D eigenvalue weighted by Gasteiger charge is 2.40. The van der Waals surface area contributed by atoms with Gasteiger partial charge >= 0.3 is 5.97 Å². The summed E-state index contributed by atoms with van der Waals surface area (Å²) in [6.45, 7) is 8.87. The van der Waals surface area contributed by atoms with E-state index in [2.05, 4.69) is 23.2 Å². The molecule has 1 aromatic rings. The summed E-state index contributed by atoms with van der Waals surface area (Å²) in [6, 6.07) is 6.55. The molecule has 4 rings (SSSR count). The minimum absolute atomic E-state index is 0.0529. The molecule has 5 heteroatoms. The number of nitrogens with one attached hydrogen (secondary N) is 1. The zero-order chi connectivity index (χ0) is 16.0. The van der Waals surface area contributed by atoms with Crippen molar-refractivity contribution in [2.45, 2.75) is 38.0 Å². The highest BCUT2D eigenvalue weighted by atomic mass is 16.5. The Kier molecular flexibility index (Phi) is 3.67. The minimum atomic E-state index is -0.312. The zero-order valence-corrected chi connectivity index (χ0v) is 13.8. The second-order valence-corrected chi connectivity index (χ2v) is 7.16. The summed E-state index contributed by atoms with van der Waals surface area (Å²) in [6.07, 6.45) is 0.726. The monoisotopic (exact) mass is 316 g/mol. The summed E-state index contributed by atoms with van der Waals surface area (Å²) in [5.41, 5.74) is 2.63. The summed E-state index contributed by atoms with van der Waals surface area (Å²) in [4.78, 5) is 14.5. The molecule has 0 bridgehead atoms. The molecule has 23 heavy (non-hydrogen) atoms. The maximum atomic E-state index is 12.0. The lowest BCUT2D eigenvalue weighted by molar-refractivity contribution is -0.134. The summed E-state index contributed by atoms with van der Waals surface area (Å²) in [5, 5.41) is 3.43. The molecule has 1 aromatic carbocycles. The molecule has 3 heterocycles. The van der Waals surface area contributed by atoms with E-state index >= 15 is 0 Å². The predicted octanol–water partition coefficient (Wildman–Crippen LogP) is 1.31. The van der Waals surface area contributed by atoms with E-state index in [9.17, 15) is 4.79 Å². The summed E-state index contributed by atoms with van der Waals surface area (Å²) in [5.74, 6) is -0.206. The Morgan fingerprint density at radius 2 is 2.26 bits per heavy atom. The third-order valence-corrected chi connectivity index (χ3v) is 5.32. The predicted molar refractivity (Wildman–Crippen MR) is 86.6 cm³/mol. The minimum Gasteiger partial charge on any atom is -0.459 e. The van der Waals surface area contributed by atoms with E-state index in [0.717, 1.165) is 50.3 Å². The van der Waals surface area contributed by atoms with Gasteiger partial charge in [-0.05, 0) is 31.0 Å². The summed E-state index contributed by atoms with van der Waals surface area (Å²) in [7, 11) is 0. The third-order valence-electron chi connectivity index (χ3n) is 5.32. The number of carbonyl (C=O) groups excluding carboxylic acids is 1. The third kappa shape index (κ3) is 2.67. The molecule has 0 spiro atoms. The van der Waals surface area contributed by atoms with Crippen molar-refractivity contribution in [1.29, 1.82) is 0 Å². The van der Waals surface area contributed by atoms with Crippen LogP contribution in [-0.2, 0) is 21.5 Å². The molecule has 3 aliphatic rings. The number of hydrogen-bond donors (Lipinski definition) is 1. The largest absolute Gasteiger partial charge is 0.459 e. The number of rotatable bonds is 1. The molecule has 3 aliphatic heterocycles. The standard InChI is InChI=1S/C18H24N2O3/c1-12-7-13-8-14(3-4-16(13)17(21)23-12)18(2)11-20-6-5-19-9-15(20)10-22-18/h3-4,8,12,15,19H,5-7,9-11H2,1-2H3/t12-,15-,18-/m0/s1. The maximum absolute atomic E-state index is 12.0. The van der Waals surface area contributed by atoms with E-state index in [1.54, 1.807) is 0 Å². The first-order valence-electron chi connectivity index (χ1n) is 8.48. The van der Waals surface area contributed by atoms with Crippen molar-refractivity contribution in [2.24, 2.45) is 0 Å².